The van der Waals surface area contributed by atoms with Gasteiger partial charge in [0.1, 0.15) is 0 Å². The lowest BCUT2D eigenvalue weighted by Crippen LogP contribution is -2.31. The molecule has 1 heterocycles. The molecule has 0 aliphatic carbocycles. The summed E-state index contributed by atoms with van der Waals surface area (Å²) < 4.78 is 5.30. The van der Waals surface area contributed by atoms with Crippen molar-refractivity contribution in [2.24, 2.45) is 0 Å². The predicted octanol–water partition coefficient (Wildman–Crippen LogP) is 0.957. The van der Waals surface area contributed by atoms with Gasteiger partial charge in [0.25, 0.3) is 0 Å². The van der Waals surface area contributed by atoms with Crippen molar-refractivity contribution in [3.05, 3.63) is 30.1 Å². The van der Waals surface area contributed by atoms with Crippen LogP contribution in [0.25, 0.3) is 0 Å². The largest absolute Gasteiger partial charge is 0.389 e. The van der Waals surface area contributed by atoms with Gasteiger partial charge in [0.05, 0.1) is 24.5 Å². The average Bonchev–Trinajstić information content (AvgIpc) is 2.28. The summed E-state index contributed by atoms with van der Waals surface area (Å²) in [6, 6.07) is 5.78. The summed E-state index contributed by atoms with van der Waals surface area (Å²) in [5.41, 5.74) is 0.972. The molecule has 0 fully saturated rings. The van der Waals surface area contributed by atoms with E-state index >= 15 is 0 Å². The van der Waals surface area contributed by atoms with Crippen molar-refractivity contribution in [2.45, 2.75) is 32.6 Å². The fourth-order valence-electron chi connectivity index (χ4n) is 1.23. The molecule has 0 radical (unpaired) electrons. The van der Waals surface area contributed by atoms with Crippen LogP contribution in [-0.2, 0) is 11.3 Å². The maximum atomic E-state index is 9.57. The zero-order valence-electron chi connectivity index (χ0n) is 9.89. The highest BCUT2D eigenvalue weighted by Gasteiger charge is 2.05. The van der Waals surface area contributed by atoms with E-state index in [1.807, 2.05) is 32.0 Å². The Hall–Kier alpha value is -0.970. The molecule has 0 aliphatic rings. The third kappa shape index (κ3) is 5.80. The second-order valence-electron chi connectivity index (χ2n) is 3.99. The molecule has 0 aromatic carbocycles. The van der Waals surface area contributed by atoms with Crippen LogP contribution in [0.3, 0.4) is 0 Å². The first-order chi connectivity index (χ1) is 7.68. The number of aromatic nitrogens is 1. The Morgan fingerprint density at radius 2 is 2.25 bits per heavy atom. The van der Waals surface area contributed by atoms with Crippen molar-refractivity contribution in [2.75, 3.05) is 13.2 Å². The molecule has 1 aromatic heterocycles. The molecule has 0 bridgehead atoms. The molecule has 1 aromatic rings. The quantitative estimate of drug-likeness (QED) is 0.724. The van der Waals surface area contributed by atoms with Crippen LogP contribution in [-0.4, -0.2) is 35.5 Å². The van der Waals surface area contributed by atoms with Crippen LogP contribution < -0.4 is 5.32 Å². The highest BCUT2D eigenvalue weighted by molar-refractivity contribution is 5.02. The van der Waals surface area contributed by atoms with E-state index in [0.717, 1.165) is 5.69 Å². The minimum atomic E-state index is -0.467. The molecule has 2 N–H and O–H groups in total. The van der Waals surface area contributed by atoms with E-state index in [-0.39, 0.29) is 6.10 Å². The Morgan fingerprint density at radius 3 is 2.88 bits per heavy atom. The van der Waals surface area contributed by atoms with Gasteiger partial charge in [-0.15, -0.1) is 0 Å². The second kappa shape index (κ2) is 7.33. The summed E-state index contributed by atoms with van der Waals surface area (Å²) in [5, 5.41) is 12.7. The maximum absolute atomic E-state index is 9.57. The topological polar surface area (TPSA) is 54.4 Å². The normalized spacial score (nSPS) is 13.0. The third-order valence-corrected chi connectivity index (χ3v) is 2.03. The first kappa shape index (κ1) is 13.1. The molecule has 16 heavy (non-hydrogen) atoms. The van der Waals surface area contributed by atoms with Gasteiger partial charge in [-0.2, -0.15) is 0 Å². The molecule has 0 saturated heterocycles. The first-order valence-corrected chi connectivity index (χ1v) is 5.58. The van der Waals surface area contributed by atoms with Crippen molar-refractivity contribution in [1.29, 1.82) is 0 Å². The van der Waals surface area contributed by atoms with Crippen molar-refractivity contribution >= 4 is 0 Å². The average molecular weight is 224 g/mol. The Balaban J connectivity index is 2.11. The summed E-state index contributed by atoms with van der Waals surface area (Å²) in [5.74, 6) is 0. The fourth-order valence-corrected chi connectivity index (χ4v) is 1.23. The van der Waals surface area contributed by atoms with Crippen molar-refractivity contribution in [3.8, 4) is 0 Å². The van der Waals surface area contributed by atoms with Crippen LogP contribution in [0.4, 0.5) is 0 Å². The van der Waals surface area contributed by atoms with E-state index in [1.54, 1.807) is 6.20 Å². The standard InChI is InChI=1S/C12H20N2O2/c1-10(2)16-9-12(15)8-13-7-11-5-3-4-6-14-11/h3-6,10,12-13,15H,7-9H2,1-2H3. The molecule has 1 atom stereocenters. The minimum absolute atomic E-state index is 0.158. The highest BCUT2D eigenvalue weighted by atomic mass is 16.5. The molecule has 0 amide bonds. The van der Waals surface area contributed by atoms with Gasteiger partial charge in [0.15, 0.2) is 0 Å². The smallest absolute Gasteiger partial charge is 0.0897 e. The lowest BCUT2D eigenvalue weighted by molar-refractivity contribution is 0.00627. The summed E-state index contributed by atoms with van der Waals surface area (Å²) in [4.78, 5) is 4.17. The van der Waals surface area contributed by atoms with E-state index in [4.69, 9.17) is 4.74 Å². The van der Waals surface area contributed by atoms with E-state index in [0.29, 0.717) is 19.7 Å². The molecule has 0 aliphatic heterocycles. The van der Waals surface area contributed by atoms with Crippen LogP contribution >= 0.6 is 0 Å². The SMILES string of the molecule is CC(C)OCC(O)CNCc1ccccn1. The number of hydrogen-bond donors (Lipinski definition) is 2. The number of rotatable bonds is 7. The molecular formula is C12H20N2O2. The molecule has 0 saturated carbocycles. The van der Waals surface area contributed by atoms with Gasteiger partial charge in [-0.05, 0) is 26.0 Å². The van der Waals surface area contributed by atoms with Crippen molar-refractivity contribution < 1.29 is 9.84 Å². The van der Waals surface area contributed by atoms with Crippen LogP contribution in [0, 0.1) is 0 Å². The van der Waals surface area contributed by atoms with Crippen LogP contribution in [0.1, 0.15) is 19.5 Å². The Labute approximate surface area is 96.7 Å². The molecule has 4 nitrogen and oxygen atoms in total. The van der Waals surface area contributed by atoms with Crippen LogP contribution in [0.5, 0.6) is 0 Å². The van der Waals surface area contributed by atoms with Gasteiger partial charge in [0.2, 0.25) is 0 Å². The zero-order valence-corrected chi connectivity index (χ0v) is 9.89. The summed E-state index contributed by atoms with van der Waals surface area (Å²) >= 11 is 0. The number of nitrogens with zero attached hydrogens (tertiary/aromatic N) is 1. The van der Waals surface area contributed by atoms with Gasteiger partial charge >= 0.3 is 0 Å². The molecule has 0 spiro atoms. The molecule has 1 unspecified atom stereocenters. The summed E-state index contributed by atoms with van der Waals surface area (Å²) in [6.45, 7) is 5.46. The Morgan fingerprint density at radius 1 is 1.44 bits per heavy atom. The lowest BCUT2D eigenvalue weighted by Gasteiger charge is -2.13. The molecule has 90 valence electrons. The number of ether oxygens (including phenoxy) is 1. The van der Waals surface area contributed by atoms with E-state index in [2.05, 4.69) is 10.3 Å². The van der Waals surface area contributed by atoms with E-state index < -0.39 is 6.10 Å². The highest BCUT2D eigenvalue weighted by Crippen LogP contribution is 1.94. The fraction of sp³-hybridized carbons (Fsp3) is 0.583. The monoisotopic (exact) mass is 224 g/mol. The third-order valence-electron chi connectivity index (χ3n) is 2.03. The van der Waals surface area contributed by atoms with Gasteiger partial charge in [-0.3, -0.25) is 4.98 Å². The summed E-state index contributed by atoms with van der Waals surface area (Å²) in [6.07, 6.45) is 1.45. The number of hydrogen-bond acceptors (Lipinski definition) is 4. The zero-order chi connectivity index (χ0) is 11.8. The van der Waals surface area contributed by atoms with Crippen LogP contribution in [0.2, 0.25) is 0 Å². The van der Waals surface area contributed by atoms with E-state index in [9.17, 15) is 5.11 Å². The van der Waals surface area contributed by atoms with Crippen molar-refractivity contribution in [3.63, 3.8) is 0 Å². The van der Waals surface area contributed by atoms with Gasteiger partial charge in [0, 0.05) is 19.3 Å². The van der Waals surface area contributed by atoms with Gasteiger partial charge in [-0.1, -0.05) is 6.07 Å². The number of nitrogens with one attached hydrogen (secondary N) is 1. The van der Waals surface area contributed by atoms with E-state index in [1.165, 1.54) is 0 Å². The molecule has 1 rings (SSSR count). The molecular weight excluding hydrogens is 204 g/mol. The number of aliphatic hydroxyl groups is 1. The number of pyridine rings is 1. The van der Waals surface area contributed by atoms with Gasteiger partial charge in [-0.25, -0.2) is 0 Å². The Bertz CT molecular complexity index is 278. The van der Waals surface area contributed by atoms with Crippen molar-refractivity contribution in [1.82, 2.24) is 10.3 Å². The first-order valence-electron chi connectivity index (χ1n) is 5.58. The van der Waals surface area contributed by atoms with Crippen LogP contribution in [0.15, 0.2) is 24.4 Å². The minimum Gasteiger partial charge on any atom is -0.389 e. The summed E-state index contributed by atoms with van der Waals surface area (Å²) in [7, 11) is 0. The van der Waals surface area contributed by atoms with Gasteiger partial charge < -0.3 is 15.2 Å². The number of aliphatic hydroxyl groups excluding tert-OH is 1. The Kier molecular flexibility index (Phi) is 6.00. The maximum Gasteiger partial charge on any atom is 0.0897 e. The molecule has 4 heteroatoms. The predicted molar refractivity (Wildman–Crippen MR) is 63.0 cm³/mol. The lowest BCUT2D eigenvalue weighted by atomic mass is 10.3. The second-order valence-corrected chi connectivity index (χ2v) is 3.99.